The molecule has 0 radical (unpaired) electrons. The molecule has 0 unspecified atom stereocenters. The number of anilines is 1. The number of hydrogen-bond donors (Lipinski definition) is 2. The zero-order chi connectivity index (χ0) is 16.7. The van der Waals surface area contributed by atoms with E-state index in [1.54, 1.807) is 13.3 Å². The van der Waals surface area contributed by atoms with Gasteiger partial charge in [0.15, 0.2) is 0 Å². The molecule has 0 saturated carbocycles. The Morgan fingerprint density at radius 2 is 2.13 bits per heavy atom. The second kappa shape index (κ2) is 5.69. The van der Waals surface area contributed by atoms with Crippen molar-refractivity contribution < 1.29 is 14.7 Å². The highest BCUT2D eigenvalue weighted by atomic mass is 79.9. The number of nitrogens with two attached hydrogens (primary N) is 1. The van der Waals surface area contributed by atoms with Crippen molar-refractivity contribution in [2.75, 3.05) is 12.8 Å². The lowest BCUT2D eigenvalue weighted by molar-refractivity contribution is -0.910. The van der Waals surface area contributed by atoms with E-state index in [1.807, 2.05) is 30.7 Å². The Morgan fingerprint density at radius 3 is 2.83 bits per heavy atom. The second-order valence-electron chi connectivity index (χ2n) is 5.32. The first-order valence-corrected chi connectivity index (χ1v) is 7.77. The van der Waals surface area contributed by atoms with Crippen LogP contribution in [0.3, 0.4) is 0 Å². The Labute approximate surface area is 141 Å². The van der Waals surface area contributed by atoms with Crippen LogP contribution in [-0.4, -0.2) is 26.9 Å². The molecule has 0 saturated heterocycles. The van der Waals surface area contributed by atoms with Crippen LogP contribution < -0.4 is 15.2 Å². The molecule has 0 bridgehead atoms. The Kier molecular flexibility index (Phi) is 3.85. The van der Waals surface area contributed by atoms with Crippen LogP contribution in [0, 0.1) is 13.8 Å². The molecule has 0 spiro atoms. The average Bonchev–Trinajstić information content (AvgIpc) is 2.87. The lowest BCUT2D eigenvalue weighted by Gasteiger charge is -2.10. The van der Waals surface area contributed by atoms with E-state index < -0.39 is 0 Å². The van der Waals surface area contributed by atoms with Crippen LogP contribution in [0.1, 0.15) is 16.8 Å². The molecule has 3 rings (SSSR count). The molecule has 0 fully saturated rings. The number of methoxy groups -OCH3 is 1. The van der Waals surface area contributed by atoms with Crippen LogP contribution in [0.25, 0.3) is 11.0 Å². The summed E-state index contributed by atoms with van der Waals surface area (Å²) < 4.78 is 9.10. The molecule has 3 aromatic rings. The number of rotatable bonds is 3. The normalized spacial score (nSPS) is 11.1. The number of pyridine rings is 1. The summed E-state index contributed by atoms with van der Waals surface area (Å²) in [4.78, 5) is 8.38. The smallest absolute Gasteiger partial charge is 0.260 e. The van der Waals surface area contributed by atoms with Crippen molar-refractivity contribution in [3.05, 3.63) is 39.9 Å². The van der Waals surface area contributed by atoms with Gasteiger partial charge in [-0.15, -0.1) is 0 Å². The number of halogens is 1. The highest BCUT2D eigenvalue weighted by molar-refractivity contribution is 9.10. The van der Waals surface area contributed by atoms with Gasteiger partial charge in [0.2, 0.25) is 12.1 Å². The molecule has 7 nitrogen and oxygen atoms in total. The number of aromatic nitrogens is 4. The number of ether oxygens (including phenoxy) is 1. The van der Waals surface area contributed by atoms with Crippen LogP contribution in [-0.2, 0) is 6.54 Å². The number of nitrogen functional groups attached to an aromatic ring is 1. The topological polar surface area (TPSA) is 90.1 Å². The summed E-state index contributed by atoms with van der Waals surface area (Å²) in [6.07, 6.45) is 3.52. The lowest BCUT2D eigenvalue weighted by atomic mass is 10.1. The highest BCUT2D eigenvalue weighted by Gasteiger charge is 2.22. The van der Waals surface area contributed by atoms with E-state index in [1.165, 1.54) is 0 Å². The van der Waals surface area contributed by atoms with E-state index in [9.17, 15) is 5.21 Å². The summed E-state index contributed by atoms with van der Waals surface area (Å²) in [5, 5.41) is 11.1. The van der Waals surface area contributed by atoms with Crippen LogP contribution in [0.4, 0.5) is 5.95 Å². The third-order valence-electron chi connectivity index (χ3n) is 3.84. The Balaban J connectivity index is 2.13. The first-order valence-electron chi connectivity index (χ1n) is 6.98. The molecule has 3 heterocycles. The summed E-state index contributed by atoms with van der Waals surface area (Å²) in [5.74, 6) is 0.955. The van der Waals surface area contributed by atoms with Gasteiger partial charge in [0.05, 0.1) is 23.6 Å². The number of aryl methyl sites for hydroxylation is 1. The highest BCUT2D eigenvalue weighted by Crippen LogP contribution is 2.26. The van der Waals surface area contributed by atoms with Crippen molar-refractivity contribution in [2.24, 2.45) is 0 Å². The quantitative estimate of drug-likeness (QED) is 0.413. The molecule has 23 heavy (non-hydrogen) atoms. The predicted octanol–water partition coefficient (Wildman–Crippen LogP) is 1.97. The largest absolute Gasteiger partial charge is 0.496 e. The van der Waals surface area contributed by atoms with Gasteiger partial charge < -0.3 is 15.0 Å². The first-order chi connectivity index (χ1) is 10.9. The van der Waals surface area contributed by atoms with E-state index in [-0.39, 0.29) is 5.95 Å². The van der Waals surface area contributed by atoms with Crippen molar-refractivity contribution >= 4 is 32.9 Å². The maximum absolute atomic E-state index is 10.3. The molecule has 0 aliphatic rings. The van der Waals surface area contributed by atoms with Gasteiger partial charge in [-0.1, -0.05) is 0 Å². The van der Waals surface area contributed by atoms with Crippen LogP contribution in [0.2, 0.25) is 0 Å². The molecule has 0 aliphatic heterocycles. The molecule has 0 aromatic carbocycles. The van der Waals surface area contributed by atoms with Gasteiger partial charge in [-0.3, -0.25) is 5.21 Å². The fourth-order valence-electron chi connectivity index (χ4n) is 2.76. The average molecular weight is 379 g/mol. The van der Waals surface area contributed by atoms with Crippen molar-refractivity contribution in [2.45, 2.75) is 20.4 Å². The standard InChI is InChI=1S/C15H17BrN5O2/c1-8-6-21(22)11(9(2)12(8)23-3)7-20-5-4-10-13(16)18-15(17)19-14(10)20/h4-6,22H,7H2,1-3H3,(H2,17,18,19)/q+1. The molecule has 0 atom stereocenters. The van der Waals surface area contributed by atoms with E-state index in [0.717, 1.165) is 27.0 Å². The molecule has 0 amide bonds. The number of fused-ring (bicyclic) bond motifs is 1. The number of hydrogen-bond acceptors (Lipinski definition) is 5. The van der Waals surface area contributed by atoms with Crippen molar-refractivity contribution in [1.29, 1.82) is 0 Å². The zero-order valence-electron chi connectivity index (χ0n) is 13.0. The third kappa shape index (κ3) is 2.59. The lowest BCUT2D eigenvalue weighted by Crippen LogP contribution is -2.37. The van der Waals surface area contributed by atoms with Gasteiger partial charge in [0.1, 0.15) is 22.5 Å². The van der Waals surface area contributed by atoms with Gasteiger partial charge in [-0.2, -0.15) is 4.98 Å². The Morgan fingerprint density at radius 1 is 1.39 bits per heavy atom. The van der Waals surface area contributed by atoms with E-state index in [0.29, 0.717) is 22.5 Å². The Hall–Kier alpha value is -2.35. The predicted molar refractivity (Wildman–Crippen MR) is 88.6 cm³/mol. The van der Waals surface area contributed by atoms with Crippen molar-refractivity contribution in [3.8, 4) is 5.75 Å². The molecular weight excluding hydrogens is 362 g/mol. The fraction of sp³-hybridized carbons (Fsp3) is 0.267. The molecule has 8 heteroatoms. The van der Waals surface area contributed by atoms with Gasteiger partial charge in [0.25, 0.3) is 5.69 Å². The minimum atomic E-state index is 0.194. The second-order valence-corrected chi connectivity index (χ2v) is 6.07. The third-order valence-corrected chi connectivity index (χ3v) is 4.44. The van der Waals surface area contributed by atoms with Gasteiger partial charge in [0, 0.05) is 10.9 Å². The molecular formula is C15H17BrN5O2+. The summed E-state index contributed by atoms with van der Waals surface area (Å²) in [6.45, 7) is 4.22. The SMILES string of the molecule is COc1c(C)c[n+](O)c(Cn2ccc3c(Br)nc(N)nc32)c1C. The minimum Gasteiger partial charge on any atom is -0.496 e. The maximum atomic E-state index is 10.3. The van der Waals surface area contributed by atoms with Crippen LogP contribution in [0.5, 0.6) is 5.75 Å². The molecule has 3 aromatic heterocycles. The van der Waals surface area contributed by atoms with Gasteiger partial charge >= 0.3 is 0 Å². The molecule has 0 aliphatic carbocycles. The first kappa shape index (κ1) is 15.5. The maximum Gasteiger partial charge on any atom is 0.260 e. The van der Waals surface area contributed by atoms with Crippen LogP contribution in [0.15, 0.2) is 23.1 Å². The van der Waals surface area contributed by atoms with Crippen LogP contribution >= 0.6 is 15.9 Å². The summed E-state index contributed by atoms with van der Waals surface area (Å²) >= 11 is 3.39. The monoisotopic (exact) mass is 378 g/mol. The minimum absolute atomic E-state index is 0.194. The van der Waals surface area contributed by atoms with E-state index >= 15 is 0 Å². The summed E-state index contributed by atoms with van der Waals surface area (Å²) in [5.41, 5.74) is 8.87. The van der Waals surface area contributed by atoms with Gasteiger partial charge in [-0.05, 0) is 35.8 Å². The summed E-state index contributed by atoms with van der Waals surface area (Å²) in [7, 11) is 1.62. The zero-order valence-corrected chi connectivity index (χ0v) is 14.6. The molecule has 3 N–H and O–H groups in total. The van der Waals surface area contributed by atoms with Crippen molar-refractivity contribution in [3.63, 3.8) is 0 Å². The fourth-order valence-corrected chi connectivity index (χ4v) is 3.25. The number of nitrogens with zero attached hydrogens (tertiary/aromatic N) is 4. The Bertz CT molecular complexity index is 907. The van der Waals surface area contributed by atoms with Crippen molar-refractivity contribution in [1.82, 2.24) is 14.5 Å². The van der Waals surface area contributed by atoms with E-state index in [4.69, 9.17) is 10.5 Å². The molecule has 120 valence electrons. The van der Waals surface area contributed by atoms with E-state index in [2.05, 4.69) is 25.9 Å². The van der Waals surface area contributed by atoms with Gasteiger partial charge in [-0.25, -0.2) is 4.98 Å². The summed E-state index contributed by atoms with van der Waals surface area (Å²) in [6, 6.07) is 1.90.